The lowest BCUT2D eigenvalue weighted by atomic mass is 9.95. The molecule has 0 saturated heterocycles. The highest BCUT2D eigenvalue weighted by atomic mass is 16.5. The molecule has 0 aliphatic carbocycles. The van der Waals surface area contributed by atoms with E-state index in [0.29, 0.717) is 0 Å². The first-order valence-electron chi connectivity index (χ1n) is 8.58. The Morgan fingerprint density at radius 3 is 2.30 bits per heavy atom. The topological polar surface area (TPSA) is 145 Å². The van der Waals surface area contributed by atoms with Gasteiger partial charge in [-0.2, -0.15) is 0 Å². The van der Waals surface area contributed by atoms with E-state index in [9.17, 15) is 19.2 Å². The fraction of sp³-hybridized carbons (Fsp3) is 0.444. The number of likely N-dealkylation sites (N-methyl/N-ethyl adjacent to an activating group) is 1. The Hall–Kier alpha value is -2.94. The molecule has 0 aromatic heterocycles. The van der Waals surface area contributed by atoms with E-state index in [0.717, 1.165) is 5.56 Å². The van der Waals surface area contributed by atoms with Gasteiger partial charge in [0.05, 0.1) is 0 Å². The molecule has 9 heteroatoms. The molecule has 0 aliphatic heterocycles. The maximum Gasteiger partial charge on any atom is 0.303 e. The highest BCUT2D eigenvalue weighted by molar-refractivity contribution is 5.90. The number of carboxylic acids is 1. The van der Waals surface area contributed by atoms with Crippen molar-refractivity contribution in [1.29, 1.82) is 0 Å². The second kappa shape index (κ2) is 11.6. The van der Waals surface area contributed by atoms with Gasteiger partial charge in [-0.25, -0.2) is 5.48 Å². The van der Waals surface area contributed by atoms with Crippen LogP contribution in [0.5, 0.6) is 0 Å². The predicted octanol–water partition coefficient (Wildman–Crippen LogP) is 0.227. The van der Waals surface area contributed by atoms with Gasteiger partial charge in [-0.3, -0.25) is 24.4 Å². The fourth-order valence-electron chi connectivity index (χ4n) is 2.62. The quantitative estimate of drug-likeness (QED) is 0.275. The van der Waals surface area contributed by atoms with Crippen LogP contribution in [0.2, 0.25) is 0 Å². The zero-order chi connectivity index (χ0) is 20.2. The third kappa shape index (κ3) is 8.32. The third-order valence-electron chi connectivity index (χ3n) is 4.03. The van der Waals surface area contributed by atoms with Gasteiger partial charge in [0.1, 0.15) is 6.04 Å². The van der Waals surface area contributed by atoms with Gasteiger partial charge in [0.25, 0.3) is 0 Å². The first-order chi connectivity index (χ1) is 12.9. The molecule has 148 valence electrons. The van der Waals surface area contributed by atoms with E-state index in [1.807, 2.05) is 30.3 Å². The summed E-state index contributed by atoms with van der Waals surface area (Å²) in [7, 11) is 1.45. The number of nitrogens with one attached hydrogen (secondary N) is 3. The van der Waals surface area contributed by atoms with Crippen molar-refractivity contribution in [3.63, 3.8) is 0 Å². The maximum atomic E-state index is 12.6. The number of carbonyl (C=O) groups is 4. The summed E-state index contributed by atoms with van der Waals surface area (Å²) >= 11 is 0. The summed E-state index contributed by atoms with van der Waals surface area (Å²) < 4.78 is 0. The number of benzene rings is 1. The van der Waals surface area contributed by atoms with Crippen molar-refractivity contribution in [2.45, 2.75) is 38.1 Å². The standard InChI is InChI=1S/C18H25N3O6/c1-19-18(26)14(10-12-6-3-2-4-7-12)20-17(25)13(11-15(22)21-27)8-5-9-16(23)24/h2-4,6-7,13-14,27H,5,8-11H2,1H3,(H,19,26)(H,20,25)(H,21,22)(H,23,24)/t13-,14+/m1/s1. The molecule has 0 saturated carbocycles. The number of carbonyl (C=O) groups excluding carboxylic acids is 3. The van der Waals surface area contributed by atoms with Crippen LogP contribution in [0, 0.1) is 5.92 Å². The smallest absolute Gasteiger partial charge is 0.303 e. The Labute approximate surface area is 157 Å². The molecule has 0 radical (unpaired) electrons. The SMILES string of the molecule is CNC(=O)[C@H](Cc1ccccc1)NC(=O)[C@H](CCCC(=O)O)CC(=O)NO. The molecule has 1 rings (SSSR count). The van der Waals surface area contributed by atoms with Gasteiger partial charge in [0.2, 0.25) is 17.7 Å². The Bertz CT molecular complexity index is 650. The summed E-state index contributed by atoms with van der Waals surface area (Å²) in [4.78, 5) is 46.8. The molecule has 0 aliphatic rings. The number of aliphatic carboxylic acids is 1. The lowest BCUT2D eigenvalue weighted by Crippen LogP contribution is -2.49. The van der Waals surface area contributed by atoms with Crippen LogP contribution in [0.3, 0.4) is 0 Å². The van der Waals surface area contributed by atoms with E-state index in [1.165, 1.54) is 12.5 Å². The molecule has 0 fully saturated rings. The summed E-state index contributed by atoms with van der Waals surface area (Å²) in [5.41, 5.74) is 2.31. The highest BCUT2D eigenvalue weighted by Crippen LogP contribution is 2.15. The van der Waals surface area contributed by atoms with Crippen LogP contribution < -0.4 is 16.1 Å². The van der Waals surface area contributed by atoms with E-state index in [-0.39, 0.29) is 38.0 Å². The molecule has 0 spiro atoms. The van der Waals surface area contributed by atoms with Gasteiger partial charge in [0.15, 0.2) is 0 Å². The highest BCUT2D eigenvalue weighted by Gasteiger charge is 2.27. The van der Waals surface area contributed by atoms with Crippen molar-refractivity contribution in [2.75, 3.05) is 7.05 Å². The molecule has 0 heterocycles. The van der Waals surface area contributed by atoms with Crippen LogP contribution in [0.1, 0.15) is 31.2 Å². The number of rotatable bonds is 11. The largest absolute Gasteiger partial charge is 0.481 e. The molecule has 0 unspecified atom stereocenters. The van der Waals surface area contributed by atoms with Crippen molar-refractivity contribution in [3.8, 4) is 0 Å². The molecule has 1 aromatic carbocycles. The van der Waals surface area contributed by atoms with E-state index in [1.54, 1.807) is 0 Å². The second-order valence-corrected chi connectivity index (χ2v) is 6.09. The van der Waals surface area contributed by atoms with Gasteiger partial charge < -0.3 is 15.7 Å². The van der Waals surface area contributed by atoms with Crippen LogP contribution in [0.15, 0.2) is 30.3 Å². The molecule has 27 heavy (non-hydrogen) atoms. The minimum Gasteiger partial charge on any atom is -0.481 e. The number of hydrogen-bond acceptors (Lipinski definition) is 5. The van der Waals surface area contributed by atoms with E-state index < -0.39 is 29.7 Å². The average Bonchev–Trinajstić information content (AvgIpc) is 2.66. The Morgan fingerprint density at radius 2 is 1.74 bits per heavy atom. The minimum absolute atomic E-state index is 0.136. The second-order valence-electron chi connectivity index (χ2n) is 6.09. The normalized spacial score (nSPS) is 12.5. The number of amides is 3. The Kier molecular flexibility index (Phi) is 9.52. The maximum absolute atomic E-state index is 12.6. The van der Waals surface area contributed by atoms with E-state index in [2.05, 4.69) is 10.6 Å². The number of hydrogen-bond donors (Lipinski definition) is 5. The molecular formula is C18H25N3O6. The minimum atomic E-state index is -1.01. The summed E-state index contributed by atoms with van der Waals surface area (Å²) in [6.45, 7) is 0. The molecule has 3 amide bonds. The van der Waals surface area contributed by atoms with Gasteiger partial charge >= 0.3 is 5.97 Å². The van der Waals surface area contributed by atoms with Gasteiger partial charge in [-0.05, 0) is 18.4 Å². The summed E-state index contributed by atoms with van der Waals surface area (Å²) in [5.74, 6) is -3.56. The van der Waals surface area contributed by atoms with E-state index >= 15 is 0 Å². The molecule has 0 bridgehead atoms. The van der Waals surface area contributed by atoms with Crippen molar-refractivity contribution >= 4 is 23.7 Å². The van der Waals surface area contributed by atoms with Gasteiger partial charge in [-0.15, -0.1) is 0 Å². The van der Waals surface area contributed by atoms with Crippen molar-refractivity contribution in [2.24, 2.45) is 5.92 Å². The summed E-state index contributed by atoms with van der Waals surface area (Å²) in [6, 6.07) is 8.28. The number of carboxylic acid groups (broad SMARTS) is 1. The third-order valence-corrected chi connectivity index (χ3v) is 4.03. The lowest BCUT2D eigenvalue weighted by Gasteiger charge is -2.21. The lowest BCUT2D eigenvalue weighted by molar-refractivity contribution is -0.138. The van der Waals surface area contributed by atoms with Crippen LogP contribution in [0.25, 0.3) is 0 Å². The molecule has 5 N–H and O–H groups in total. The zero-order valence-electron chi connectivity index (χ0n) is 15.1. The number of hydroxylamine groups is 1. The Morgan fingerprint density at radius 1 is 1.07 bits per heavy atom. The molecule has 1 aromatic rings. The van der Waals surface area contributed by atoms with Crippen LogP contribution >= 0.6 is 0 Å². The van der Waals surface area contributed by atoms with Crippen molar-refractivity contribution in [1.82, 2.24) is 16.1 Å². The van der Waals surface area contributed by atoms with Crippen LogP contribution in [0.4, 0.5) is 0 Å². The van der Waals surface area contributed by atoms with Crippen molar-refractivity contribution < 1.29 is 29.5 Å². The summed E-state index contributed by atoms with van der Waals surface area (Å²) in [5, 5.41) is 22.5. The van der Waals surface area contributed by atoms with E-state index in [4.69, 9.17) is 10.3 Å². The predicted molar refractivity (Wildman–Crippen MR) is 95.7 cm³/mol. The first-order valence-corrected chi connectivity index (χ1v) is 8.58. The molecule has 2 atom stereocenters. The Balaban J connectivity index is 2.83. The van der Waals surface area contributed by atoms with Crippen LogP contribution in [-0.2, 0) is 25.6 Å². The molecular weight excluding hydrogens is 354 g/mol. The average molecular weight is 379 g/mol. The van der Waals surface area contributed by atoms with Gasteiger partial charge in [-0.1, -0.05) is 30.3 Å². The first kappa shape index (κ1) is 22.1. The van der Waals surface area contributed by atoms with Crippen LogP contribution in [-0.4, -0.2) is 47.1 Å². The zero-order valence-corrected chi connectivity index (χ0v) is 15.1. The molecule has 9 nitrogen and oxygen atoms in total. The van der Waals surface area contributed by atoms with Gasteiger partial charge in [0, 0.05) is 32.2 Å². The monoisotopic (exact) mass is 379 g/mol. The van der Waals surface area contributed by atoms with Crippen molar-refractivity contribution in [3.05, 3.63) is 35.9 Å². The fourth-order valence-corrected chi connectivity index (χ4v) is 2.62. The summed E-state index contributed by atoms with van der Waals surface area (Å²) in [6.07, 6.45) is 0.133.